The average molecular weight is 245 g/mol. The molecule has 1 aliphatic carbocycles. The minimum Gasteiger partial charge on any atom is -0.204 e. The van der Waals surface area contributed by atoms with Crippen molar-refractivity contribution < 1.29 is 8.78 Å². The molecule has 2 rings (SSSR count). The monoisotopic (exact) mass is 244 g/mol. The number of hydrogen-bond acceptors (Lipinski definition) is 0. The zero-order chi connectivity index (χ0) is 11.5. The Balaban J connectivity index is 1.99. The van der Waals surface area contributed by atoms with E-state index in [1.54, 1.807) is 6.07 Å². The quantitative estimate of drug-likeness (QED) is 0.696. The summed E-state index contributed by atoms with van der Waals surface area (Å²) in [5.41, 5.74) is 0.783. The van der Waals surface area contributed by atoms with Crippen LogP contribution in [0.3, 0.4) is 0 Å². The van der Waals surface area contributed by atoms with Crippen LogP contribution in [0.5, 0.6) is 0 Å². The van der Waals surface area contributed by atoms with Gasteiger partial charge in [-0.05, 0) is 42.9 Å². The molecule has 1 atom stereocenters. The van der Waals surface area contributed by atoms with Gasteiger partial charge in [0.05, 0.1) is 0 Å². The molecule has 0 nitrogen and oxygen atoms in total. The summed E-state index contributed by atoms with van der Waals surface area (Å²) in [5, 5.41) is 0.0485. The van der Waals surface area contributed by atoms with Gasteiger partial charge in [0.1, 0.15) is 0 Å². The van der Waals surface area contributed by atoms with Crippen LogP contribution in [0.2, 0.25) is 0 Å². The van der Waals surface area contributed by atoms with Crippen molar-refractivity contribution in [1.82, 2.24) is 0 Å². The Bertz CT molecular complexity index is 359. The fourth-order valence-electron chi connectivity index (χ4n) is 2.38. The fourth-order valence-corrected chi connectivity index (χ4v) is 2.81. The third-order valence-electron chi connectivity index (χ3n) is 3.33. The lowest BCUT2D eigenvalue weighted by atomic mass is 9.97. The molecule has 1 aromatic carbocycles. The van der Waals surface area contributed by atoms with E-state index in [1.807, 2.05) is 0 Å². The molecule has 0 spiro atoms. The van der Waals surface area contributed by atoms with E-state index in [0.717, 1.165) is 18.4 Å². The van der Waals surface area contributed by atoms with Crippen LogP contribution in [-0.2, 0) is 6.42 Å². The normalized spacial score (nSPS) is 18.9. The Labute approximate surface area is 99.6 Å². The first kappa shape index (κ1) is 11.8. The molecule has 0 heterocycles. The van der Waals surface area contributed by atoms with Crippen molar-refractivity contribution in [1.29, 1.82) is 0 Å². The van der Waals surface area contributed by atoms with Gasteiger partial charge in [0.2, 0.25) is 0 Å². The van der Waals surface area contributed by atoms with Crippen molar-refractivity contribution in [2.75, 3.05) is 0 Å². The molecule has 0 radical (unpaired) electrons. The van der Waals surface area contributed by atoms with Crippen LogP contribution >= 0.6 is 11.6 Å². The lowest BCUT2D eigenvalue weighted by molar-refractivity contribution is 0.497. The van der Waals surface area contributed by atoms with E-state index in [4.69, 9.17) is 11.6 Å². The molecule has 88 valence electrons. The molecular formula is C13H15ClF2. The molecule has 16 heavy (non-hydrogen) atoms. The molecule has 1 aromatic rings. The van der Waals surface area contributed by atoms with E-state index in [-0.39, 0.29) is 5.38 Å². The Hall–Kier alpha value is -0.630. The predicted molar refractivity (Wildman–Crippen MR) is 61.7 cm³/mol. The van der Waals surface area contributed by atoms with Crippen molar-refractivity contribution in [3.8, 4) is 0 Å². The van der Waals surface area contributed by atoms with Crippen molar-refractivity contribution in [2.24, 2.45) is 5.92 Å². The van der Waals surface area contributed by atoms with E-state index < -0.39 is 11.6 Å². The lowest BCUT2D eigenvalue weighted by Crippen LogP contribution is -2.14. The van der Waals surface area contributed by atoms with Gasteiger partial charge >= 0.3 is 0 Å². The summed E-state index contributed by atoms with van der Waals surface area (Å²) in [6.45, 7) is 0. The molecule has 0 amide bonds. The van der Waals surface area contributed by atoms with Crippen LogP contribution in [0.25, 0.3) is 0 Å². The van der Waals surface area contributed by atoms with Crippen molar-refractivity contribution >= 4 is 11.6 Å². The van der Waals surface area contributed by atoms with Gasteiger partial charge in [-0.25, -0.2) is 8.78 Å². The molecule has 0 aliphatic heterocycles. The second-order valence-corrected chi connectivity index (χ2v) is 5.07. The minimum atomic E-state index is -0.796. The van der Waals surface area contributed by atoms with Gasteiger partial charge in [-0.1, -0.05) is 18.9 Å². The van der Waals surface area contributed by atoms with Crippen LogP contribution in [0.1, 0.15) is 31.2 Å². The first-order chi connectivity index (χ1) is 7.66. The molecule has 1 saturated carbocycles. The Morgan fingerprint density at radius 2 is 1.88 bits per heavy atom. The summed E-state index contributed by atoms with van der Waals surface area (Å²) in [6.07, 6.45) is 5.44. The van der Waals surface area contributed by atoms with Crippen LogP contribution in [-0.4, -0.2) is 5.38 Å². The van der Waals surface area contributed by atoms with E-state index in [2.05, 4.69) is 0 Å². The van der Waals surface area contributed by atoms with E-state index in [0.29, 0.717) is 12.3 Å². The summed E-state index contributed by atoms with van der Waals surface area (Å²) >= 11 is 6.30. The van der Waals surface area contributed by atoms with Crippen LogP contribution < -0.4 is 0 Å². The maximum absolute atomic E-state index is 13.0. The lowest BCUT2D eigenvalue weighted by Gasteiger charge is -2.16. The van der Waals surface area contributed by atoms with E-state index in [9.17, 15) is 8.78 Å². The van der Waals surface area contributed by atoms with Crippen LogP contribution in [0, 0.1) is 17.6 Å². The molecular weight excluding hydrogens is 230 g/mol. The average Bonchev–Trinajstić information content (AvgIpc) is 2.77. The summed E-state index contributed by atoms with van der Waals surface area (Å²) < 4.78 is 25.7. The molecule has 3 heteroatoms. The standard InChI is InChI=1S/C13H15ClF2/c14-11(10-3-1-2-4-10)7-9-5-6-12(15)13(16)8-9/h5-6,8,10-11H,1-4,7H2. The summed E-state index contributed by atoms with van der Waals surface area (Å²) in [6, 6.07) is 4.03. The number of halogens is 3. The van der Waals surface area contributed by atoms with Gasteiger partial charge in [-0.2, -0.15) is 0 Å². The first-order valence-electron chi connectivity index (χ1n) is 5.75. The second kappa shape index (κ2) is 5.13. The van der Waals surface area contributed by atoms with Gasteiger partial charge in [-0.15, -0.1) is 11.6 Å². The third-order valence-corrected chi connectivity index (χ3v) is 3.84. The third kappa shape index (κ3) is 2.73. The summed E-state index contributed by atoms with van der Waals surface area (Å²) in [4.78, 5) is 0. The van der Waals surface area contributed by atoms with Gasteiger partial charge in [0.25, 0.3) is 0 Å². The van der Waals surface area contributed by atoms with Gasteiger partial charge < -0.3 is 0 Å². The van der Waals surface area contributed by atoms with Crippen molar-refractivity contribution in [2.45, 2.75) is 37.5 Å². The number of hydrogen-bond donors (Lipinski definition) is 0. The SMILES string of the molecule is Fc1ccc(CC(Cl)C2CCCC2)cc1F. The minimum absolute atomic E-state index is 0.0485. The summed E-state index contributed by atoms with van der Waals surface area (Å²) in [5.74, 6) is -1.04. The highest BCUT2D eigenvalue weighted by atomic mass is 35.5. The highest BCUT2D eigenvalue weighted by Gasteiger charge is 2.23. The van der Waals surface area contributed by atoms with Crippen LogP contribution in [0.4, 0.5) is 8.78 Å². The van der Waals surface area contributed by atoms with Crippen molar-refractivity contribution in [3.63, 3.8) is 0 Å². The molecule has 0 bridgehead atoms. The zero-order valence-electron chi connectivity index (χ0n) is 9.06. The second-order valence-electron chi connectivity index (χ2n) is 4.51. The summed E-state index contributed by atoms with van der Waals surface area (Å²) in [7, 11) is 0. The van der Waals surface area contributed by atoms with Gasteiger partial charge in [0, 0.05) is 5.38 Å². The number of rotatable bonds is 3. The fraction of sp³-hybridized carbons (Fsp3) is 0.538. The molecule has 1 aliphatic rings. The zero-order valence-corrected chi connectivity index (χ0v) is 9.81. The Morgan fingerprint density at radius 1 is 1.19 bits per heavy atom. The first-order valence-corrected chi connectivity index (χ1v) is 6.18. The molecule has 0 aromatic heterocycles. The topological polar surface area (TPSA) is 0 Å². The maximum atomic E-state index is 13.0. The highest BCUT2D eigenvalue weighted by molar-refractivity contribution is 6.20. The highest BCUT2D eigenvalue weighted by Crippen LogP contribution is 2.32. The largest absolute Gasteiger partial charge is 0.204 e. The molecule has 0 saturated heterocycles. The Morgan fingerprint density at radius 3 is 2.50 bits per heavy atom. The molecule has 1 unspecified atom stereocenters. The van der Waals surface area contributed by atoms with Gasteiger partial charge in [-0.3, -0.25) is 0 Å². The Kier molecular flexibility index (Phi) is 3.80. The molecule has 1 fully saturated rings. The number of benzene rings is 1. The van der Waals surface area contributed by atoms with E-state index >= 15 is 0 Å². The smallest absolute Gasteiger partial charge is 0.159 e. The molecule has 0 N–H and O–H groups in total. The van der Waals surface area contributed by atoms with Gasteiger partial charge in [0.15, 0.2) is 11.6 Å². The van der Waals surface area contributed by atoms with Crippen LogP contribution in [0.15, 0.2) is 18.2 Å². The van der Waals surface area contributed by atoms with Crippen molar-refractivity contribution in [3.05, 3.63) is 35.4 Å². The van der Waals surface area contributed by atoms with E-state index in [1.165, 1.54) is 25.0 Å². The maximum Gasteiger partial charge on any atom is 0.159 e. The number of alkyl halides is 1. The predicted octanol–water partition coefficient (Wildman–Crippen LogP) is 4.30.